The summed E-state index contributed by atoms with van der Waals surface area (Å²) in [6.45, 7) is 1.45. The van der Waals surface area contributed by atoms with Crippen LogP contribution in [0.4, 0.5) is 13.2 Å². The molecule has 0 atom stereocenters. The highest BCUT2D eigenvalue weighted by molar-refractivity contribution is 5.81. The quantitative estimate of drug-likeness (QED) is 0.782. The number of halogens is 3. The second-order valence-electron chi connectivity index (χ2n) is 7.93. The van der Waals surface area contributed by atoms with Crippen LogP contribution in [0.1, 0.15) is 48.6 Å². The number of carbonyl (C=O) groups excluding carboxylic acids is 1. The molecule has 6 nitrogen and oxygen atoms in total. The Morgan fingerprint density at radius 2 is 1.72 bits per heavy atom. The molecule has 4 rings (SSSR count). The van der Waals surface area contributed by atoms with E-state index in [4.69, 9.17) is 0 Å². The molecule has 0 unspecified atom stereocenters. The van der Waals surface area contributed by atoms with Gasteiger partial charge in [-0.15, -0.1) is 0 Å². The number of hydrogen-bond donors (Lipinski definition) is 0. The molecule has 0 N–H and O–H groups in total. The summed E-state index contributed by atoms with van der Waals surface area (Å²) in [7, 11) is 1.66. The molecule has 1 aliphatic carbocycles. The van der Waals surface area contributed by atoms with E-state index in [9.17, 15) is 22.8 Å². The van der Waals surface area contributed by atoms with Crippen molar-refractivity contribution in [3.63, 3.8) is 0 Å². The van der Waals surface area contributed by atoms with Gasteiger partial charge in [-0.25, -0.2) is 9.48 Å². The van der Waals surface area contributed by atoms with Crippen LogP contribution in [0.5, 0.6) is 0 Å². The number of nitrogens with zero attached hydrogens (tertiary/aromatic N) is 4. The number of alkyl halides is 3. The van der Waals surface area contributed by atoms with Crippen LogP contribution in [0.15, 0.2) is 29.1 Å². The van der Waals surface area contributed by atoms with Gasteiger partial charge in [0, 0.05) is 32.0 Å². The van der Waals surface area contributed by atoms with E-state index < -0.39 is 11.7 Å². The third-order valence-corrected chi connectivity index (χ3v) is 5.79. The molecule has 0 spiro atoms. The first-order valence-electron chi connectivity index (χ1n) is 9.82. The van der Waals surface area contributed by atoms with Crippen molar-refractivity contribution < 1.29 is 18.0 Å². The van der Waals surface area contributed by atoms with Crippen molar-refractivity contribution in [2.45, 2.75) is 44.3 Å². The Hall–Kier alpha value is -2.58. The number of benzene rings is 1. The fourth-order valence-corrected chi connectivity index (χ4v) is 3.88. The number of rotatable bonds is 4. The van der Waals surface area contributed by atoms with Crippen molar-refractivity contribution in [2.24, 2.45) is 13.0 Å². The summed E-state index contributed by atoms with van der Waals surface area (Å²) in [5.74, 6) is 1.20. The number of likely N-dealkylation sites (tertiary alicyclic amines) is 1. The van der Waals surface area contributed by atoms with Gasteiger partial charge in [0.05, 0.1) is 12.1 Å². The first-order chi connectivity index (χ1) is 13.7. The number of amides is 1. The van der Waals surface area contributed by atoms with E-state index in [1.54, 1.807) is 7.05 Å². The largest absolute Gasteiger partial charge is 0.416 e. The molecule has 1 aromatic carbocycles. The number of hydrogen-bond acceptors (Lipinski definition) is 3. The van der Waals surface area contributed by atoms with E-state index in [2.05, 4.69) is 5.10 Å². The lowest BCUT2D eigenvalue weighted by atomic mass is 9.95. The molecule has 2 aliphatic rings. The van der Waals surface area contributed by atoms with Gasteiger partial charge >= 0.3 is 11.9 Å². The minimum absolute atomic E-state index is 0.0878. The van der Waals surface area contributed by atoms with Crippen LogP contribution in [-0.4, -0.2) is 38.2 Å². The molecule has 2 aromatic rings. The Kier molecular flexibility index (Phi) is 5.00. The van der Waals surface area contributed by atoms with E-state index in [1.807, 2.05) is 4.90 Å². The van der Waals surface area contributed by atoms with Gasteiger partial charge in [-0.1, -0.05) is 12.1 Å². The highest BCUT2D eigenvalue weighted by Gasteiger charge is 2.36. The topological polar surface area (TPSA) is 60.1 Å². The van der Waals surface area contributed by atoms with Gasteiger partial charge in [-0.05, 0) is 43.4 Å². The van der Waals surface area contributed by atoms with Crippen LogP contribution in [0, 0.1) is 5.92 Å². The van der Waals surface area contributed by atoms with Gasteiger partial charge < -0.3 is 4.90 Å². The van der Waals surface area contributed by atoms with Crippen LogP contribution in [-0.2, 0) is 24.6 Å². The summed E-state index contributed by atoms with van der Waals surface area (Å²) in [4.78, 5) is 26.7. The van der Waals surface area contributed by atoms with Crippen molar-refractivity contribution in [1.29, 1.82) is 0 Å². The number of carbonyl (C=O) groups is 1. The number of piperidine rings is 1. The van der Waals surface area contributed by atoms with Gasteiger partial charge in [-0.3, -0.25) is 9.36 Å². The Morgan fingerprint density at radius 3 is 2.28 bits per heavy atom. The van der Waals surface area contributed by atoms with Gasteiger partial charge in [0.2, 0.25) is 5.91 Å². The van der Waals surface area contributed by atoms with Crippen molar-refractivity contribution in [1.82, 2.24) is 19.2 Å². The minimum atomic E-state index is -4.39. The maximum atomic E-state index is 12.7. The molecular weight excluding hydrogens is 385 g/mol. The SMILES string of the molecule is Cn1c(C2CCN(C(=O)C3CC3)CC2)nn(Cc2ccc(C(F)(F)F)cc2)c1=O. The summed E-state index contributed by atoms with van der Waals surface area (Å²) in [6, 6.07) is 4.75. The molecule has 1 saturated carbocycles. The van der Waals surface area contributed by atoms with Crippen LogP contribution < -0.4 is 5.69 Å². The minimum Gasteiger partial charge on any atom is -0.342 e. The lowest BCUT2D eigenvalue weighted by Crippen LogP contribution is -2.39. The molecule has 1 aliphatic heterocycles. The molecule has 1 aromatic heterocycles. The molecule has 29 heavy (non-hydrogen) atoms. The summed E-state index contributed by atoms with van der Waals surface area (Å²) in [6.07, 6.45) is -0.904. The van der Waals surface area contributed by atoms with E-state index in [0.29, 0.717) is 24.5 Å². The fraction of sp³-hybridized carbons (Fsp3) is 0.550. The molecular formula is C20H23F3N4O2. The van der Waals surface area contributed by atoms with E-state index in [-0.39, 0.29) is 30.0 Å². The Balaban J connectivity index is 1.45. The third-order valence-electron chi connectivity index (χ3n) is 5.79. The monoisotopic (exact) mass is 408 g/mol. The van der Waals surface area contributed by atoms with Crippen LogP contribution in [0.25, 0.3) is 0 Å². The molecule has 2 heterocycles. The number of aromatic nitrogens is 3. The highest BCUT2D eigenvalue weighted by Crippen LogP contribution is 2.34. The van der Waals surface area contributed by atoms with Gasteiger partial charge in [0.15, 0.2) is 0 Å². The van der Waals surface area contributed by atoms with E-state index >= 15 is 0 Å². The van der Waals surface area contributed by atoms with Gasteiger partial charge in [0.1, 0.15) is 5.82 Å². The molecule has 156 valence electrons. The molecule has 0 bridgehead atoms. The molecule has 0 radical (unpaired) electrons. The Morgan fingerprint density at radius 1 is 1.10 bits per heavy atom. The predicted octanol–water partition coefficient (Wildman–Crippen LogP) is 2.76. The van der Waals surface area contributed by atoms with Crippen molar-refractivity contribution in [2.75, 3.05) is 13.1 Å². The van der Waals surface area contributed by atoms with Crippen molar-refractivity contribution in [3.05, 3.63) is 51.7 Å². The second kappa shape index (κ2) is 7.35. The normalized spacial score (nSPS) is 18.3. The summed E-state index contributed by atoms with van der Waals surface area (Å²) in [5, 5.41) is 4.46. The summed E-state index contributed by atoms with van der Waals surface area (Å²) < 4.78 is 40.9. The van der Waals surface area contributed by atoms with Crippen LogP contribution in [0.2, 0.25) is 0 Å². The van der Waals surface area contributed by atoms with E-state index in [0.717, 1.165) is 37.8 Å². The zero-order valence-corrected chi connectivity index (χ0v) is 16.2. The fourth-order valence-electron chi connectivity index (χ4n) is 3.88. The summed E-state index contributed by atoms with van der Waals surface area (Å²) >= 11 is 0. The predicted molar refractivity (Wildman–Crippen MR) is 99.3 cm³/mol. The maximum Gasteiger partial charge on any atom is 0.416 e. The van der Waals surface area contributed by atoms with E-state index in [1.165, 1.54) is 21.4 Å². The van der Waals surface area contributed by atoms with Crippen molar-refractivity contribution in [3.8, 4) is 0 Å². The third kappa shape index (κ3) is 4.09. The standard InChI is InChI=1S/C20H23F3N4O2/c1-25-17(14-8-10-26(11-9-14)18(28)15-4-5-15)24-27(19(25)29)12-13-2-6-16(7-3-13)20(21,22)23/h2-3,6-7,14-15H,4-5,8-12H2,1H3. The Labute approximate surface area is 165 Å². The molecule has 1 amide bonds. The van der Waals surface area contributed by atoms with Gasteiger partial charge in [0.25, 0.3) is 0 Å². The first-order valence-corrected chi connectivity index (χ1v) is 9.82. The van der Waals surface area contributed by atoms with Crippen LogP contribution in [0.3, 0.4) is 0 Å². The highest BCUT2D eigenvalue weighted by atomic mass is 19.4. The lowest BCUT2D eigenvalue weighted by Gasteiger charge is -2.31. The molecule has 2 fully saturated rings. The average molecular weight is 408 g/mol. The summed E-state index contributed by atoms with van der Waals surface area (Å²) in [5.41, 5.74) is -0.436. The smallest absolute Gasteiger partial charge is 0.342 e. The zero-order valence-electron chi connectivity index (χ0n) is 16.2. The van der Waals surface area contributed by atoms with Crippen molar-refractivity contribution >= 4 is 5.91 Å². The second-order valence-corrected chi connectivity index (χ2v) is 7.93. The zero-order chi connectivity index (χ0) is 20.8. The lowest BCUT2D eigenvalue weighted by molar-refractivity contribution is -0.137. The van der Waals surface area contributed by atoms with Crippen LogP contribution >= 0.6 is 0 Å². The first kappa shape index (κ1) is 19.7. The van der Waals surface area contributed by atoms with Gasteiger partial charge in [-0.2, -0.15) is 18.3 Å². The average Bonchev–Trinajstić information content (AvgIpc) is 3.51. The maximum absolute atomic E-state index is 12.7. The molecule has 1 saturated heterocycles. The Bertz CT molecular complexity index is 950. The molecule has 9 heteroatoms.